The number of anilines is 2. The number of nitrogens with one attached hydrogen (secondary N) is 2. The van der Waals surface area contributed by atoms with E-state index in [1.165, 1.54) is 50.2 Å². The second-order valence-corrected chi connectivity index (χ2v) is 9.52. The van der Waals surface area contributed by atoms with Crippen molar-refractivity contribution in [3.8, 4) is 11.5 Å². The molecule has 0 aliphatic carbocycles. The fourth-order valence-corrected chi connectivity index (χ4v) is 4.04. The highest BCUT2D eigenvalue weighted by Gasteiger charge is 2.22. The molecule has 0 bridgehead atoms. The average molecular weight is 585 g/mol. The minimum Gasteiger partial charge on any atom is -0.474 e. The number of rotatable bonds is 12. The molecular weight excluding hydrogens is 556 g/mol. The molecule has 0 spiro atoms. The van der Waals surface area contributed by atoms with Crippen LogP contribution in [-0.2, 0) is 16.0 Å². The van der Waals surface area contributed by atoms with Gasteiger partial charge in [0.05, 0.1) is 9.85 Å². The van der Waals surface area contributed by atoms with Crippen molar-refractivity contribution < 1.29 is 28.9 Å². The summed E-state index contributed by atoms with van der Waals surface area (Å²) in [6.45, 7) is 3.02. The van der Waals surface area contributed by atoms with Gasteiger partial charge in [0.2, 0.25) is 0 Å². The summed E-state index contributed by atoms with van der Waals surface area (Å²) in [6.07, 6.45) is -1.34. The van der Waals surface area contributed by atoms with Gasteiger partial charge in [0.15, 0.2) is 23.7 Å². The van der Waals surface area contributed by atoms with Crippen LogP contribution in [0.25, 0.3) is 0 Å². The largest absolute Gasteiger partial charge is 0.474 e. The monoisotopic (exact) mass is 584 g/mol. The number of carbonyl (C=O) groups is 2. The molecule has 4 aromatic rings. The smallest absolute Gasteiger partial charge is 0.310 e. The number of para-hydroxylation sites is 4. The van der Waals surface area contributed by atoms with Crippen LogP contribution in [0.1, 0.15) is 25.0 Å². The maximum atomic E-state index is 12.6. The van der Waals surface area contributed by atoms with Gasteiger partial charge in [0.25, 0.3) is 11.8 Å². The topological polar surface area (TPSA) is 163 Å². The lowest BCUT2D eigenvalue weighted by Crippen LogP contribution is -2.30. The molecule has 4 aromatic carbocycles. The molecule has 43 heavy (non-hydrogen) atoms. The molecule has 2 N–H and O–H groups in total. The lowest BCUT2D eigenvalue weighted by Gasteiger charge is -2.15. The number of nitrogens with zero attached hydrogens (tertiary/aromatic N) is 2. The maximum absolute atomic E-state index is 12.6. The molecule has 12 nitrogen and oxygen atoms in total. The fraction of sp³-hybridized carbons (Fsp3) is 0.161. The Kier molecular flexibility index (Phi) is 9.63. The molecule has 4 rings (SSSR count). The van der Waals surface area contributed by atoms with Crippen LogP contribution in [0.2, 0.25) is 0 Å². The van der Waals surface area contributed by atoms with Gasteiger partial charge >= 0.3 is 11.4 Å². The SMILES string of the molecule is CC(Oc1ccccc1[N+](=O)[O-])C(=O)Nc1ccc(Cc2ccc(NC(=O)C(C)Oc3ccccc3[N+](=O)[O-])cc2)cc1. The molecule has 12 heteroatoms. The Morgan fingerprint density at radius 2 is 0.977 bits per heavy atom. The van der Waals surface area contributed by atoms with E-state index in [9.17, 15) is 29.8 Å². The van der Waals surface area contributed by atoms with Crippen molar-refractivity contribution in [1.82, 2.24) is 0 Å². The number of carbonyl (C=O) groups excluding carboxylic acids is 2. The molecule has 0 fully saturated rings. The molecule has 0 aliphatic rings. The molecule has 0 saturated heterocycles. The second kappa shape index (κ2) is 13.7. The molecular formula is C31H28N4O8. The van der Waals surface area contributed by atoms with E-state index in [2.05, 4.69) is 10.6 Å². The predicted octanol–water partition coefficient (Wildman–Crippen LogP) is 5.91. The number of nitro groups is 2. The minimum absolute atomic E-state index is 0.0115. The Balaban J connectivity index is 1.28. The third-order valence-electron chi connectivity index (χ3n) is 6.32. The minimum atomic E-state index is -0.966. The van der Waals surface area contributed by atoms with Gasteiger partial charge in [-0.15, -0.1) is 0 Å². The molecule has 2 unspecified atom stereocenters. The average Bonchev–Trinajstić information content (AvgIpc) is 2.99. The highest BCUT2D eigenvalue weighted by molar-refractivity contribution is 5.94. The van der Waals surface area contributed by atoms with E-state index in [1.807, 2.05) is 24.3 Å². The van der Waals surface area contributed by atoms with E-state index in [-0.39, 0.29) is 22.9 Å². The Labute approximate surface area is 246 Å². The van der Waals surface area contributed by atoms with E-state index < -0.39 is 33.9 Å². The van der Waals surface area contributed by atoms with Crippen molar-refractivity contribution in [1.29, 1.82) is 0 Å². The molecule has 0 aromatic heterocycles. The zero-order chi connectivity index (χ0) is 30.9. The summed E-state index contributed by atoms with van der Waals surface area (Å²) in [5.41, 5.74) is 2.60. The van der Waals surface area contributed by atoms with E-state index >= 15 is 0 Å². The van der Waals surface area contributed by atoms with Crippen LogP contribution in [0, 0.1) is 20.2 Å². The van der Waals surface area contributed by atoms with Crippen molar-refractivity contribution in [3.05, 3.63) is 128 Å². The summed E-state index contributed by atoms with van der Waals surface area (Å²) >= 11 is 0. The van der Waals surface area contributed by atoms with Gasteiger partial charge < -0.3 is 20.1 Å². The zero-order valence-corrected chi connectivity index (χ0v) is 23.3. The van der Waals surface area contributed by atoms with Crippen LogP contribution >= 0.6 is 0 Å². The maximum Gasteiger partial charge on any atom is 0.310 e. The summed E-state index contributed by atoms with van der Waals surface area (Å²) < 4.78 is 11.0. The summed E-state index contributed by atoms with van der Waals surface area (Å²) in [4.78, 5) is 46.4. The quantitative estimate of drug-likeness (QED) is 0.153. The lowest BCUT2D eigenvalue weighted by atomic mass is 10.0. The van der Waals surface area contributed by atoms with E-state index in [1.54, 1.807) is 36.4 Å². The van der Waals surface area contributed by atoms with Crippen molar-refractivity contribution in [2.45, 2.75) is 32.5 Å². The van der Waals surface area contributed by atoms with Gasteiger partial charge in [-0.1, -0.05) is 48.5 Å². The molecule has 0 radical (unpaired) electrons. The lowest BCUT2D eigenvalue weighted by molar-refractivity contribution is -0.386. The van der Waals surface area contributed by atoms with Crippen LogP contribution in [0.4, 0.5) is 22.7 Å². The molecule has 0 aliphatic heterocycles. The van der Waals surface area contributed by atoms with Crippen molar-refractivity contribution in [2.75, 3.05) is 10.6 Å². The van der Waals surface area contributed by atoms with Gasteiger partial charge in [-0.3, -0.25) is 29.8 Å². The predicted molar refractivity (Wildman–Crippen MR) is 159 cm³/mol. The van der Waals surface area contributed by atoms with Gasteiger partial charge in [-0.25, -0.2) is 0 Å². The van der Waals surface area contributed by atoms with Crippen molar-refractivity contribution >= 4 is 34.6 Å². The Morgan fingerprint density at radius 1 is 0.628 bits per heavy atom. The van der Waals surface area contributed by atoms with Gasteiger partial charge in [-0.05, 0) is 67.8 Å². The van der Waals surface area contributed by atoms with Gasteiger partial charge in [0.1, 0.15) is 0 Å². The van der Waals surface area contributed by atoms with E-state index in [0.717, 1.165) is 11.1 Å². The second-order valence-electron chi connectivity index (χ2n) is 9.52. The third-order valence-corrected chi connectivity index (χ3v) is 6.32. The van der Waals surface area contributed by atoms with Crippen molar-refractivity contribution in [2.24, 2.45) is 0 Å². The summed E-state index contributed by atoms with van der Waals surface area (Å²) in [5, 5.41) is 27.8. The van der Waals surface area contributed by atoms with E-state index in [0.29, 0.717) is 17.8 Å². The highest BCUT2D eigenvalue weighted by atomic mass is 16.6. The number of hydrogen-bond donors (Lipinski definition) is 2. The first kappa shape index (κ1) is 30.2. The summed E-state index contributed by atoms with van der Waals surface area (Å²) in [6, 6.07) is 26.2. The first-order valence-corrected chi connectivity index (χ1v) is 13.2. The Morgan fingerprint density at radius 3 is 1.33 bits per heavy atom. The number of nitro benzene ring substituents is 2. The summed E-state index contributed by atoms with van der Waals surface area (Å²) in [7, 11) is 0. The molecule has 0 saturated carbocycles. The van der Waals surface area contributed by atoms with Crippen LogP contribution in [0.15, 0.2) is 97.1 Å². The Bertz CT molecular complexity index is 1500. The standard InChI is InChI=1S/C31H28N4O8/c1-20(42-28-9-5-3-7-26(28)34(38)39)30(36)32-24-15-11-22(12-16-24)19-23-13-17-25(18-14-23)33-31(37)21(2)43-29-10-6-4-8-27(29)35(40)41/h3-18,20-21H,19H2,1-2H3,(H,32,36)(H,33,37). The van der Waals surface area contributed by atoms with Crippen LogP contribution < -0.4 is 20.1 Å². The molecule has 220 valence electrons. The number of hydrogen-bond acceptors (Lipinski definition) is 8. The Hall–Kier alpha value is -5.78. The molecule has 2 atom stereocenters. The van der Waals surface area contributed by atoms with Crippen molar-refractivity contribution in [3.63, 3.8) is 0 Å². The van der Waals surface area contributed by atoms with Gasteiger partial charge in [0, 0.05) is 23.5 Å². The van der Waals surface area contributed by atoms with E-state index in [4.69, 9.17) is 9.47 Å². The normalized spacial score (nSPS) is 12.0. The highest BCUT2D eigenvalue weighted by Crippen LogP contribution is 2.28. The first-order valence-electron chi connectivity index (χ1n) is 13.2. The summed E-state index contributed by atoms with van der Waals surface area (Å²) in [5.74, 6) is -0.884. The molecule has 0 heterocycles. The first-order chi connectivity index (χ1) is 20.6. The third kappa shape index (κ3) is 8.13. The number of amides is 2. The van der Waals surface area contributed by atoms with Crippen LogP contribution in [-0.4, -0.2) is 33.9 Å². The molecule has 2 amide bonds. The number of benzene rings is 4. The van der Waals surface area contributed by atoms with Gasteiger partial charge in [-0.2, -0.15) is 0 Å². The number of ether oxygens (including phenoxy) is 2. The van der Waals surface area contributed by atoms with Crippen LogP contribution in [0.5, 0.6) is 11.5 Å². The zero-order valence-electron chi connectivity index (χ0n) is 23.3. The van der Waals surface area contributed by atoms with Crippen LogP contribution in [0.3, 0.4) is 0 Å². The fourth-order valence-electron chi connectivity index (χ4n) is 4.04.